The zero-order chi connectivity index (χ0) is 19.8. The molecule has 0 aliphatic heterocycles. The van der Waals surface area contributed by atoms with Gasteiger partial charge in [-0.05, 0) is 26.1 Å². The Kier molecular flexibility index (Phi) is 24.0. The van der Waals surface area contributed by atoms with Crippen molar-refractivity contribution in [3.8, 4) is 0 Å². The third kappa shape index (κ3) is 22.1. The molecule has 0 saturated carbocycles. The van der Waals surface area contributed by atoms with Gasteiger partial charge in [0.15, 0.2) is 0 Å². The molecule has 1 heteroatoms. The maximum absolute atomic E-state index is 2.55. The predicted octanol–water partition coefficient (Wildman–Crippen LogP) is 9.15. The Balaban J connectivity index is 3.03. The van der Waals surface area contributed by atoms with E-state index < -0.39 is 0 Å². The van der Waals surface area contributed by atoms with E-state index in [9.17, 15) is 0 Å². The minimum atomic E-state index is 1.22. The molecule has 0 amide bonds. The summed E-state index contributed by atoms with van der Waals surface area (Å²) >= 11 is 0. The fourth-order valence-electron chi connectivity index (χ4n) is 4.13. The summed E-state index contributed by atoms with van der Waals surface area (Å²) in [6, 6.07) is 0. The Bertz CT molecular complexity index is 247. The fraction of sp³-hybridized carbons (Fsp3) is 1.00. The van der Waals surface area contributed by atoms with Crippen LogP contribution < -0.4 is 0 Å². The van der Waals surface area contributed by atoms with E-state index in [2.05, 4.69) is 25.7 Å². The lowest BCUT2D eigenvalue weighted by Crippen LogP contribution is -2.23. The molecule has 0 aromatic carbocycles. The van der Waals surface area contributed by atoms with Crippen molar-refractivity contribution in [1.29, 1.82) is 0 Å². The predicted molar refractivity (Wildman–Crippen MR) is 126 cm³/mol. The number of rotatable bonds is 23. The highest BCUT2D eigenvalue weighted by atomic mass is 15.1. The van der Waals surface area contributed by atoms with E-state index in [1.54, 1.807) is 0 Å². The summed E-state index contributed by atoms with van der Waals surface area (Å²) in [5.41, 5.74) is 0. The second-order valence-corrected chi connectivity index (χ2v) is 8.74. The van der Waals surface area contributed by atoms with E-state index in [1.165, 1.54) is 148 Å². The van der Waals surface area contributed by atoms with Crippen molar-refractivity contribution >= 4 is 0 Å². The molecule has 0 atom stereocenters. The van der Waals surface area contributed by atoms with Gasteiger partial charge < -0.3 is 4.90 Å². The first kappa shape index (κ1) is 27.0. The fourth-order valence-corrected chi connectivity index (χ4v) is 4.13. The van der Waals surface area contributed by atoms with Crippen molar-refractivity contribution in [2.24, 2.45) is 0 Å². The highest BCUT2D eigenvalue weighted by Gasteiger charge is 1.98. The van der Waals surface area contributed by atoms with Gasteiger partial charge in [0.1, 0.15) is 0 Å². The first-order valence-electron chi connectivity index (χ1n) is 13.1. The van der Waals surface area contributed by atoms with Crippen molar-refractivity contribution in [2.75, 3.05) is 19.6 Å². The molecule has 0 radical (unpaired) electrons. The van der Waals surface area contributed by atoms with Gasteiger partial charge in [0.05, 0.1) is 0 Å². The molecule has 0 rings (SSSR count). The Morgan fingerprint density at radius 1 is 0.333 bits per heavy atom. The molecule has 0 N–H and O–H groups in total. The van der Waals surface area contributed by atoms with Gasteiger partial charge in [-0.15, -0.1) is 0 Å². The summed E-state index contributed by atoms with van der Waals surface area (Å²) < 4.78 is 0. The van der Waals surface area contributed by atoms with Gasteiger partial charge in [0.25, 0.3) is 0 Å². The Morgan fingerprint density at radius 3 is 0.852 bits per heavy atom. The van der Waals surface area contributed by atoms with Gasteiger partial charge in [-0.3, -0.25) is 0 Å². The van der Waals surface area contributed by atoms with E-state index >= 15 is 0 Å². The van der Waals surface area contributed by atoms with Gasteiger partial charge in [-0.1, -0.05) is 143 Å². The Morgan fingerprint density at radius 2 is 0.593 bits per heavy atom. The second kappa shape index (κ2) is 24.0. The standard InChI is InChI=1S/C26H55N/c1-4-7-8-9-10-11-12-13-14-15-16-17-18-19-20-21-22-23-24-25-26-27(5-2)6-3/h4-26H2,1-3H3. The molecule has 0 bridgehead atoms. The summed E-state index contributed by atoms with van der Waals surface area (Å²) in [7, 11) is 0. The van der Waals surface area contributed by atoms with Gasteiger partial charge in [0.2, 0.25) is 0 Å². The van der Waals surface area contributed by atoms with Crippen molar-refractivity contribution in [3.05, 3.63) is 0 Å². The van der Waals surface area contributed by atoms with Crippen molar-refractivity contribution in [1.82, 2.24) is 4.90 Å². The molecule has 0 spiro atoms. The average molecular weight is 382 g/mol. The van der Waals surface area contributed by atoms with Crippen LogP contribution in [0.25, 0.3) is 0 Å². The van der Waals surface area contributed by atoms with E-state index in [1.807, 2.05) is 0 Å². The molecular weight excluding hydrogens is 326 g/mol. The number of hydrogen-bond donors (Lipinski definition) is 0. The van der Waals surface area contributed by atoms with E-state index in [-0.39, 0.29) is 0 Å². The summed E-state index contributed by atoms with van der Waals surface area (Å²) in [6.45, 7) is 10.6. The summed E-state index contributed by atoms with van der Waals surface area (Å²) in [5.74, 6) is 0. The molecule has 0 aromatic rings. The minimum absolute atomic E-state index is 1.22. The Labute approximate surface area is 174 Å². The molecule has 27 heavy (non-hydrogen) atoms. The van der Waals surface area contributed by atoms with Gasteiger partial charge in [-0.2, -0.15) is 0 Å². The first-order valence-corrected chi connectivity index (χ1v) is 13.1. The molecule has 0 saturated heterocycles. The average Bonchev–Trinajstić information content (AvgIpc) is 2.69. The van der Waals surface area contributed by atoms with Crippen LogP contribution in [0.5, 0.6) is 0 Å². The van der Waals surface area contributed by atoms with Crippen LogP contribution in [0.3, 0.4) is 0 Å². The van der Waals surface area contributed by atoms with Crippen molar-refractivity contribution < 1.29 is 0 Å². The van der Waals surface area contributed by atoms with Crippen LogP contribution in [0, 0.1) is 0 Å². The lowest BCUT2D eigenvalue weighted by Gasteiger charge is -2.17. The maximum atomic E-state index is 2.55. The van der Waals surface area contributed by atoms with Crippen LogP contribution in [-0.4, -0.2) is 24.5 Å². The molecule has 0 heterocycles. The van der Waals surface area contributed by atoms with Crippen molar-refractivity contribution in [2.45, 2.75) is 149 Å². The third-order valence-electron chi connectivity index (χ3n) is 6.22. The number of nitrogens with zero attached hydrogens (tertiary/aromatic N) is 1. The molecule has 0 unspecified atom stereocenters. The SMILES string of the molecule is CCCCCCCCCCCCCCCCCCCCCCN(CC)CC. The zero-order valence-electron chi connectivity index (χ0n) is 19.7. The topological polar surface area (TPSA) is 3.24 Å². The molecule has 0 fully saturated rings. The molecule has 0 aliphatic rings. The van der Waals surface area contributed by atoms with E-state index in [0.29, 0.717) is 0 Å². The largest absolute Gasteiger partial charge is 0.304 e. The quantitative estimate of drug-likeness (QED) is 0.159. The molecule has 1 nitrogen and oxygen atoms in total. The monoisotopic (exact) mass is 381 g/mol. The molecular formula is C26H55N. The van der Waals surface area contributed by atoms with Crippen LogP contribution in [0.4, 0.5) is 0 Å². The lowest BCUT2D eigenvalue weighted by molar-refractivity contribution is 0.295. The minimum Gasteiger partial charge on any atom is -0.304 e. The Hall–Kier alpha value is -0.0400. The van der Waals surface area contributed by atoms with Crippen LogP contribution in [0.2, 0.25) is 0 Å². The summed E-state index contributed by atoms with van der Waals surface area (Å²) in [5, 5.41) is 0. The van der Waals surface area contributed by atoms with Crippen LogP contribution in [0.15, 0.2) is 0 Å². The van der Waals surface area contributed by atoms with Gasteiger partial charge >= 0.3 is 0 Å². The van der Waals surface area contributed by atoms with Gasteiger partial charge in [-0.25, -0.2) is 0 Å². The smallest absolute Gasteiger partial charge is 0.00190 e. The third-order valence-corrected chi connectivity index (χ3v) is 6.22. The first-order chi connectivity index (χ1) is 13.3. The highest BCUT2D eigenvalue weighted by Crippen LogP contribution is 2.14. The molecule has 0 aromatic heterocycles. The normalized spacial score (nSPS) is 11.6. The number of unbranched alkanes of at least 4 members (excludes halogenated alkanes) is 19. The zero-order valence-corrected chi connectivity index (χ0v) is 19.7. The summed E-state index contributed by atoms with van der Waals surface area (Å²) in [6.07, 6.45) is 29.3. The lowest BCUT2D eigenvalue weighted by atomic mass is 10.0. The summed E-state index contributed by atoms with van der Waals surface area (Å²) in [4.78, 5) is 2.55. The highest BCUT2D eigenvalue weighted by molar-refractivity contribution is 4.54. The molecule has 0 aliphatic carbocycles. The number of hydrogen-bond acceptors (Lipinski definition) is 1. The van der Waals surface area contributed by atoms with E-state index in [4.69, 9.17) is 0 Å². The van der Waals surface area contributed by atoms with Crippen molar-refractivity contribution in [3.63, 3.8) is 0 Å². The van der Waals surface area contributed by atoms with E-state index in [0.717, 1.165) is 0 Å². The van der Waals surface area contributed by atoms with Crippen LogP contribution in [0.1, 0.15) is 149 Å². The second-order valence-electron chi connectivity index (χ2n) is 8.74. The van der Waals surface area contributed by atoms with Crippen LogP contribution >= 0.6 is 0 Å². The molecule has 164 valence electrons. The van der Waals surface area contributed by atoms with Crippen LogP contribution in [-0.2, 0) is 0 Å². The van der Waals surface area contributed by atoms with Gasteiger partial charge in [0, 0.05) is 0 Å². The maximum Gasteiger partial charge on any atom is -0.00190 e.